The fourth-order valence-electron chi connectivity index (χ4n) is 1.47. The molecule has 14 heavy (non-hydrogen) atoms. The third-order valence-corrected chi connectivity index (χ3v) is 2.96. The van der Waals surface area contributed by atoms with Crippen molar-refractivity contribution in [3.8, 4) is 0 Å². The van der Waals surface area contributed by atoms with Gasteiger partial charge in [-0.15, -0.1) is 11.8 Å². The van der Waals surface area contributed by atoms with Gasteiger partial charge in [0.15, 0.2) is 0 Å². The van der Waals surface area contributed by atoms with Gasteiger partial charge in [-0.3, -0.25) is 4.99 Å². The lowest BCUT2D eigenvalue weighted by Crippen LogP contribution is -1.86. The van der Waals surface area contributed by atoms with Gasteiger partial charge in [-0.05, 0) is 43.7 Å². The molecule has 0 spiro atoms. The van der Waals surface area contributed by atoms with Crippen molar-refractivity contribution in [2.24, 2.45) is 4.99 Å². The Kier molecular flexibility index (Phi) is 4.21. The Morgan fingerprint density at radius 2 is 2.14 bits per heavy atom. The number of rotatable bonds is 3. The van der Waals surface area contributed by atoms with E-state index in [1.54, 1.807) is 11.8 Å². The van der Waals surface area contributed by atoms with Crippen molar-refractivity contribution >= 4 is 23.7 Å². The topological polar surface area (TPSA) is 12.4 Å². The van der Waals surface area contributed by atoms with Gasteiger partial charge in [-0.1, -0.05) is 13.0 Å². The maximum Gasteiger partial charge on any atom is 0.0790 e. The van der Waals surface area contributed by atoms with Crippen molar-refractivity contribution in [3.63, 3.8) is 0 Å². The van der Waals surface area contributed by atoms with E-state index in [1.165, 1.54) is 16.0 Å². The molecule has 0 fully saturated rings. The first-order valence-electron chi connectivity index (χ1n) is 4.89. The zero-order chi connectivity index (χ0) is 10.6. The summed E-state index contributed by atoms with van der Waals surface area (Å²) in [6.07, 6.45) is 5.04. The molecule has 76 valence electrons. The molecule has 0 N–H and O–H groups in total. The first kappa shape index (κ1) is 11.3. The summed E-state index contributed by atoms with van der Waals surface area (Å²) in [5, 5.41) is 0. The van der Waals surface area contributed by atoms with Crippen LogP contribution < -0.4 is 0 Å². The molecular weight excluding hydrogens is 190 g/mol. The Bertz CT molecular complexity index is 342. The summed E-state index contributed by atoms with van der Waals surface area (Å²) >= 11 is 1.77. The van der Waals surface area contributed by atoms with Gasteiger partial charge in [-0.2, -0.15) is 0 Å². The minimum atomic E-state index is 1.09. The highest BCUT2D eigenvalue weighted by atomic mass is 32.2. The SMILES string of the molecule is CC=Nc1c(C)cc(CC)cc1SC. The van der Waals surface area contributed by atoms with Gasteiger partial charge < -0.3 is 0 Å². The molecule has 0 unspecified atom stereocenters. The van der Waals surface area contributed by atoms with Crippen LogP contribution in [0.1, 0.15) is 25.0 Å². The molecule has 1 aromatic carbocycles. The van der Waals surface area contributed by atoms with Gasteiger partial charge in [-0.25, -0.2) is 0 Å². The minimum Gasteiger partial charge on any atom is -0.260 e. The first-order chi connectivity index (χ1) is 6.72. The molecule has 0 saturated carbocycles. The van der Waals surface area contributed by atoms with Gasteiger partial charge in [0.25, 0.3) is 0 Å². The van der Waals surface area contributed by atoms with E-state index in [-0.39, 0.29) is 0 Å². The molecule has 1 aromatic rings. The quantitative estimate of drug-likeness (QED) is 0.539. The molecule has 0 aromatic heterocycles. The fourth-order valence-corrected chi connectivity index (χ4v) is 2.15. The zero-order valence-corrected chi connectivity index (χ0v) is 10.1. The zero-order valence-electron chi connectivity index (χ0n) is 9.29. The van der Waals surface area contributed by atoms with E-state index in [0.29, 0.717) is 0 Å². The van der Waals surface area contributed by atoms with Crippen molar-refractivity contribution in [2.45, 2.75) is 32.1 Å². The predicted molar refractivity (Wildman–Crippen MR) is 66.2 cm³/mol. The van der Waals surface area contributed by atoms with Crippen LogP contribution in [-0.2, 0) is 6.42 Å². The first-order valence-corrected chi connectivity index (χ1v) is 6.11. The molecule has 0 aliphatic carbocycles. The van der Waals surface area contributed by atoms with Crippen LogP contribution in [0.25, 0.3) is 0 Å². The second-order valence-electron chi connectivity index (χ2n) is 3.20. The normalized spacial score (nSPS) is 11.1. The number of aliphatic imine (C=N–C) groups is 1. The van der Waals surface area contributed by atoms with Crippen LogP contribution in [0.15, 0.2) is 22.0 Å². The fraction of sp³-hybridized carbons (Fsp3) is 0.417. The Morgan fingerprint density at radius 3 is 2.64 bits per heavy atom. The van der Waals surface area contributed by atoms with Crippen LogP contribution in [0.3, 0.4) is 0 Å². The van der Waals surface area contributed by atoms with E-state index in [2.05, 4.69) is 37.2 Å². The summed E-state index contributed by atoms with van der Waals surface area (Å²) < 4.78 is 0. The minimum absolute atomic E-state index is 1.09. The third-order valence-electron chi connectivity index (χ3n) is 2.21. The van der Waals surface area contributed by atoms with Crippen LogP contribution in [0.4, 0.5) is 5.69 Å². The molecule has 0 bridgehead atoms. The van der Waals surface area contributed by atoms with Gasteiger partial charge in [0.1, 0.15) is 0 Å². The highest BCUT2D eigenvalue weighted by Gasteiger charge is 2.05. The lowest BCUT2D eigenvalue weighted by atomic mass is 10.1. The summed E-state index contributed by atoms with van der Waals surface area (Å²) in [5.41, 5.74) is 3.78. The summed E-state index contributed by atoms with van der Waals surface area (Å²) in [4.78, 5) is 5.68. The Hall–Kier alpha value is -0.760. The maximum absolute atomic E-state index is 4.41. The van der Waals surface area contributed by atoms with Crippen molar-refractivity contribution in [2.75, 3.05) is 6.26 Å². The lowest BCUT2D eigenvalue weighted by Gasteiger charge is -2.08. The van der Waals surface area contributed by atoms with E-state index < -0.39 is 0 Å². The van der Waals surface area contributed by atoms with Gasteiger partial charge in [0, 0.05) is 11.1 Å². The van der Waals surface area contributed by atoms with E-state index in [4.69, 9.17) is 0 Å². The highest BCUT2D eigenvalue weighted by molar-refractivity contribution is 7.98. The molecule has 1 rings (SSSR count). The molecule has 0 amide bonds. The van der Waals surface area contributed by atoms with E-state index in [0.717, 1.165) is 12.1 Å². The van der Waals surface area contributed by atoms with Crippen LogP contribution in [0.2, 0.25) is 0 Å². The largest absolute Gasteiger partial charge is 0.260 e. The monoisotopic (exact) mass is 207 g/mol. The van der Waals surface area contributed by atoms with Crippen LogP contribution in [0.5, 0.6) is 0 Å². The number of aryl methyl sites for hydroxylation is 2. The van der Waals surface area contributed by atoms with Crippen LogP contribution >= 0.6 is 11.8 Å². The van der Waals surface area contributed by atoms with E-state index >= 15 is 0 Å². The summed E-state index contributed by atoms with van der Waals surface area (Å²) in [6, 6.07) is 4.46. The lowest BCUT2D eigenvalue weighted by molar-refractivity contribution is 1.11. The smallest absolute Gasteiger partial charge is 0.0790 e. The Morgan fingerprint density at radius 1 is 1.43 bits per heavy atom. The molecule has 0 atom stereocenters. The van der Waals surface area contributed by atoms with Crippen LogP contribution in [0, 0.1) is 6.92 Å². The number of hydrogen-bond acceptors (Lipinski definition) is 2. The molecule has 0 radical (unpaired) electrons. The number of hydrogen-bond donors (Lipinski definition) is 0. The molecule has 0 saturated heterocycles. The van der Waals surface area contributed by atoms with Crippen molar-refractivity contribution in [1.29, 1.82) is 0 Å². The summed E-state index contributed by atoms with van der Waals surface area (Å²) in [5.74, 6) is 0. The predicted octanol–water partition coefficient (Wildman–Crippen LogP) is 4.00. The average molecular weight is 207 g/mol. The second-order valence-corrected chi connectivity index (χ2v) is 4.05. The standard InChI is InChI=1S/C12H17NS/c1-5-10-7-9(3)12(13-6-2)11(8-10)14-4/h6-8H,5H2,1-4H3. The number of nitrogens with zero attached hydrogens (tertiary/aromatic N) is 1. The summed E-state index contributed by atoms with van der Waals surface area (Å²) in [7, 11) is 0. The number of thioether (sulfide) groups is 1. The molecule has 0 heterocycles. The molecule has 1 nitrogen and oxygen atoms in total. The molecular formula is C12H17NS. The van der Waals surface area contributed by atoms with E-state index in [9.17, 15) is 0 Å². The third kappa shape index (κ3) is 2.38. The van der Waals surface area contributed by atoms with Gasteiger partial charge >= 0.3 is 0 Å². The van der Waals surface area contributed by atoms with E-state index in [1.807, 2.05) is 13.1 Å². The molecule has 2 heteroatoms. The van der Waals surface area contributed by atoms with Crippen molar-refractivity contribution < 1.29 is 0 Å². The molecule has 0 aliphatic rings. The van der Waals surface area contributed by atoms with Crippen molar-refractivity contribution in [3.05, 3.63) is 23.3 Å². The van der Waals surface area contributed by atoms with Gasteiger partial charge in [0.05, 0.1) is 5.69 Å². The Balaban J connectivity index is 3.27. The maximum atomic E-state index is 4.41. The van der Waals surface area contributed by atoms with Crippen LogP contribution in [-0.4, -0.2) is 12.5 Å². The summed E-state index contributed by atoms with van der Waals surface area (Å²) in [6.45, 7) is 6.26. The molecule has 0 aliphatic heterocycles. The second kappa shape index (κ2) is 5.20. The van der Waals surface area contributed by atoms with Gasteiger partial charge in [0.2, 0.25) is 0 Å². The highest BCUT2D eigenvalue weighted by Crippen LogP contribution is 2.32. The number of benzene rings is 1. The Labute approximate surface area is 90.6 Å². The van der Waals surface area contributed by atoms with Crippen molar-refractivity contribution in [1.82, 2.24) is 0 Å². The average Bonchev–Trinajstić information content (AvgIpc) is 2.20.